The summed E-state index contributed by atoms with van der Waals surface area (Å²) in [7, 11) is 0. The molecule has 1 amide bonds. The zero-order valence-electron chi connectivity index (χ0n) is 14.4. The quantitative estimate of drug-likeness (QED) is 0.482. The van der Waals surface area contributed by atoms with Crippen LogP contribution in [0.15, 0.2) is 65.0 Å². The molecule has 3 nitrogen and oxygen atoms in total. The maximum atomic E-state index is 12.3. The number of carbonyl (C=O) groups excluding carboxylic acids is 1. The number of hydrogen-bond acceptors (Lipinski definition) is 3. The van der Waals surface area contributed by atoms with Gasteiger partial charge in [0.05, 0.1) is 16.0 Å². The minimum atomic E-state index is -0.119. The van der Waals surface area contributed by atoms with E-state index in [1.807, 2.05) is 36.4 Å². The van der Waals surface area contributed by atoms with Crippen LogP contribution in [0.1, 0.15) is 11.1 Å². The van der Waals surface area contributed by atoms with E-state index in [2.05, 4.69) is 42.1 Å². The average molecular weight is 369 g/mol. The van der Waals surface area contributed by atoms with Gasteiger partial charge in [-0.15, -0.1) is 18.3 Å². The summed E-state index contributed by atoms with van der Waals surface area (Å²) in [5, 5.41) is 0. The van der Waals surface area contributed by atoms with E-state index >= 15 is 0 Å². The number of fused-ring (bicyclic) bond motifs is 1. The van der Waals surface area contributed by atoms with Crippen molar-refractivity contribution in [2.24, 2.45) is 4.99 Å². The number of carbonyl (C=O) groups is 1. The number of hydrogen-bond donors (Lipinski definition) is 0. The van der Waals surface area contributed by atoms with Crippen LogP contribution >= 0.6 is 23.1 Å². The third-order valence-corrected chi connectivity index (χ3v) is 5.97. The van der Waals surface area contributed by atoms with Crippen LogP contribution in [0.5, 0.6) is 0 Å². The highest BCUT2D eigenvalue weighted by Gasteiger charge is 2.09. The molecular weight excluding hydrogens is 348 g/mol. The molecule has 3 aromatic rings. The summed E-state index contributed by atoms with van der Waals surface area (Å²) in [6.07, 6.45) is 1.84. The number of aryl methyl sites for hydroxylation is 2. The lowest BCUT2D eigenvalue weighted by molar-refractivity contribution is -0.115. The van der Waals surface area contributed by atoms with Crippen molar-refractivity contribution < 1.29 is 4.79 Å². The van der Waals surface area contributed by atoms with Gasteiger partial charge in [0.2, 0.25) is 0 Å². The SMILES string of the molecule is C=CCn1c(=NC(=O)CSc2ccccc2)sc2cc(C)c(C)cc21. The molecule has 0 aliphatic rings. The Morgan fingerprint density at radius 3 is 2.68 bits per heavy atom. The molecule has 0 aliphatic heterocycles. The normalized spacial score (nSPS) is 11.8. The van der Waals surface area contributed by atoms with Gasteiger partial charge in [-0.3, -0.25) is 4.79 Å². The average Bonchev–Trinajstić information content (AvgIpc) is 2.91. The zero-order valence-corrected chi connectivity index (χ0v) is 16.0. The van der Waals surface area contributed by atoms with Crippen LogP contribution in [0.4, 0.5) is 0 Å². The molecule has 2 aromatic carbocycles. The lowest BCUT2D eigenvalue weighted by Gasteiger charge is -2.04. The molecule has 0 N–H and O–H groups in total. The zero-order chi connectivity index (χ0) is 17.8. The van der Waals surface area contributed by atoms with Gasteiger partial charge in [0.25, 0.3) is 5.91 Å². The van der Waals surface area contributed by atoms with Crippen molar-refractivity contribution in [1.82, 2.24) is 4.57 Å². The van der Waals surface area contributed by atoms with Gasteiger partial charge in [0, 0.05) is 11.4 Å². The summed E-state index contributed by atoms with van der Waals surface area (Å²) >= 11 is 3.07. The van der Waals surface area contributed by atoms with Crippen LogP contribution in [-0.2, 0) is 11.3 Å². The minimum absolute atomic E-state index is 0.119. The van der Waals surface area contributed by atoms with E-state index in [0.717, 1.165) is 19.9 Å². The maximum absolute atomic E-state index is 12.3. The molecule has 0 radical (unpaired) electrons. The molecule has 0 saturated carbocycles. The van der Waals surface area contributed by atoms with Gasteiger partial charge < -0.3 is 4.57 Å². The van der Waals surface area contributed by atoms with E-state index in [9.17, 15) is 4.79 Å². The van der Waals surface area contributed by atoms with Gasteiger partial charge in [-0.1, -0.05) is 35.6 Å². The van der Waals surface area contributed by atoms with Crippen LogP contribution in [0, 0.1) is 13.8 Å². The molecule has 0 saturated heterocycles. The minimum Gasteiger partial charge on any atom is -0.312 e. The Kier molecular flexibility index (Phi) is 5.56. The Balaban J connectivity index is 1.93. The highest BCUT2D eigenvalue weighted by atomic mass is 32.2. The van der Waals surface area contributed by atoms with Crippen LogP contribution < -0.4 is 4.80 Å². The van der Waals surface area contributed by atoms with E-state index < -0.39 is 0 Å². The second kappa shape index (κ2) is 7.85. The molecule has 0 atom stereocenters. The molecule has 1 heterocycles. The number of thioether (sulfide) groups is 1. The summed E-state index contributed by atoms with van der Waals surface area (Å²) in [6, 6.07) is 14.2. The molecule has 1 aromatic heterocycles. The van der Waals surface area contributed by atoms with E-state index in [0.29, 0.717) is 12.3 Å². The van der Waals surface area contributed by atoms with Gasteiger partial charge in [0.15, 0.2) is 4.80 Å². The van der Waals surface area contributed by atoms with E-state index in [1.165, 1.54) is 22.9 Å². The number of nitrogens with zero attached hydrogens (tertiary/aromatic N) is 2. The third kappa shape index (κ3) is 4.11. The first-order valence-corrected chi connectivity index (χ1v) is 9.85. The van der Waals surface area contributed by atoms with Gasteiger partial charge in [-0.05, 0) is 49.2 Å². The molecule has 128 valence electrons. The van der Waals surface area contributed by atoms with E-state index in [1.54, 1.807) is 11.3 Å². The molecule has 25 heavy (non-hydrogen) atoms. The Morgan fingerprint density at radius 1 is 1.24 bits per heavy atom. The summed E-state index contributed by atoms with van der Waals surface area (Å²) < 4.78 is 3.21. The molecule has 3 rings (SSSR count). The van der Waals surface area contributed by atoms with Crippen molar-refractivity contribution in [3.05, 3.63) is 71.0 Å². The molecule has 0 unspecified atom stereocenters. The standard InChI is InChI=1S/C20H20N2OS2/c1-4-10-22-17-11-14(2)15(3)12-18(17)25-20(22)21-19(23)13-24-16-8-6-5-7-9-16/h4-9,11-12H,1,10,13H2,2-3H3. The smallest absolute Gasteiger partial charge is 0.258 e. The lowest BCUT2D eigenvalue weighted by Crippen LogP contribution is -2.16. The summed E-state index contributed by atoms with van der Waals surface area (Å²) in [5.74, 6) is 0.219. The van der Waals surface area contributed by atoms with Crippen LogP contribution in [0.25, 0.3) is 10.2 Å². The Bertz CT molecular complexity index is 984. The Morgan fingerprint density at radius 2 is 1.96 bits per heavy atom. The largest absolute Gasteiger partial charge is 0.312 e. The Labute approximate surface area is 155 Å². The number of benzene rings is 2. The number of aromatic nitrogens is 1. The van der Waals surface area contributed by atoms with E-state index in [-0.39, 0.29) is 5.91 Å². The maximum Gasteiger partial charge on any atom is 0.258 e. The first-order valence-electron chi connectivity index (χ1n) is 8.05. The molecule has 5 heteroatoms. The van der Waals surface area contributed by atoms with Gasteiger partial charge in [-0.2, -0.15) is 4.99 Å². The highest BCUT2D eigenvalue weighted by Crippen LogP contribution is 2.22. The number of thiazole rings is 1. The van der Waals surface area contributed by atoms with Crippen molar-refractivity contribution in [3.8, 4) is 0 Å². The van der Waals surface area contributed by atoms with Gasteiger partial charge in [0.1, 0.15) is 0 Å². The van der Waals surface area contributed by atoms with Crippen molar-refractivity contribution in [2.45, 2.75) is 25.3 Å². The molecular formula is C20H20N2OS2. The fraction of sp³-hybridized carbons (Fsp3) is 0.200. The van der Waals surface area contributed by atoms with E-state index in [4.69, 9.17) is 0 Å². The molecule has 0 fully saturated rings. The van der Waals surface area contributed by atoms with Crippen LogP contribution in [0.2, 0.25) is 0 Å². The number of amides is 1. The van der Waals surface area contributed by atoms with Crippen molar-refractivity contribution in [3.63, 3.8) is 0 Å². The highest BCUT2D eigenvalue weighted by molar-refractivity contribution is 8.00. The molecule has 0 aliphatic carbocycles. The molecule has 0 spiro atoms. The fourth-order valence-corrected chi connectivity index (χ4v) is 4.35. The summed E-state index contributed by atoms with van der Waals surface area (Å²) in [4.78, 5) is 18.5. The first-order chi connectivity index (χ1) is 12.1. The predicted molar refractivity (Wildman–Crippen MR) is 107 cm³/mol. The lowest BCUT2D eigenvalue weighted by atomic mass is 10.1. The third-order valence-electron chi connectivity index (χ3n) is 3.94. The van der Waals surface area contributed by atoms with Gasteiger partial charge >= 0.3 is 0 Å². The second-order valence-corrected chi connectivity index (χ2v) is 7.85. The van der Waals surface area contributed by atoms with Crippen molar-refractivity contribution >= 4 is 39.2 Å². The first kappa shape index (κ1) is 17.7. The van der Waals surface area contributed by atoms with Crippen LogP contribution in [0.3, 0.4) is 0 Å². The number of allylic oxidation sites excluding steroid dienone is 1. The topological polar surface area (TPSA) is 34.4 Å². The molecule has 0 bridgehead atoms. The summed E-state index contributed by atoms with van der Waals surface area (Å²) in [6.45, 7) is 8.67. The van der Waals surface area contributed by atoms with Crippen LogP contribution in [-0.4, -0.2) is 16.2 Å². The Hall–Kier alpha value is -2.11. The van der Waals surface area contributed by atoms with Crippen molar-refractivity contribution in [2.75, 3.05) is 5.75 Å². The predicted octanol–water partition coefficient (Wildman–Crippen LogP) is 4.73. The second-order valence-electron chi connectivity index (χ2n) is 5.80. The monoisotopic (exact) mass is 368 g/mol. The fourth-order valence-electron chi connectivity index (χ4n) is 2.51. The number of rotatable bonds is 5. The van der Waals surface area contributed by atoms with Crippen molar-refractivity contribution in [1.29, 1.82) is 0 Å². The summed E-state index contributed by atoms with van der Waals surface area (Å²) in [5.41, 5.74) is 3.59. The van der Waals surface area contributed by atoms with Gasteiger partial charge in [-0.25, -0.2) is 0 Å².